The van der Waals surface area contributed by atoms with Crippen LogP contribution in [0.5, 0.6) is 0 Å². The Hall–Kier alpha value is -3.60. The van der Waals surface area contributed by atoms with Gasteiger partial charge in [0.25, 0.3) is 5.56 Å². The predicted octanol–water partition coefficient (Wildman–Crippen LogP) is 2.44. The van der Waals surface area contributed by atoms with Crippen LogP contribution in [0.4, 0.5) is 10.8 Å². The number of benzene rings is 1. The van der Waals surface area contributed by atoms with Crippen LogP contribution in [0.1, 0.15) is 44.0 Å². The van der Waals surface area contributed by atoms with Crippen molar-refractivity contribution in [3.05, 3.63) is 46.5 Å². The highest BCUT2D eigenvalue weighted by molar-refractivity contribution is 7.22. The summed E-state index contributed by atoms with van der Waals surface area (Å²) in [5, 5.41) is 6.34. The van der Waals surface area contributed by atoms with E-state index in [1.807, 2.05) is 18.7 Å². The van der Waals surface area contributed by atoms with Crippen molar-refractivity contribution >= 4 is 50.1 Å². The third-order valence-corrected chi connectivity index (χ3v) is 6.85. The van der Waals surface area contributed by atoms with Gasteiger partial charge in [0.15, 0.2) is 16.6 Å². The first-order valence-corrected chi connectivity index (χ1v) is 12.3. The highest BCUT2D eigenvalue weighted by atomic mass is 32.1. The summed E-state index contributed by atoms with van der Waals surface area (Å²) in [7, 11) is 0. The third kappa shape index (κ3) is 5.73. The van der Waals surface area contributed by atoms with E-state index >= 15 is 0 Å². The summed E-state index contributed by atoms with van der Waals surface area (Å²) in [4.78, 5) is 60.2. The number of carbonyl (C=O) groups is 3. The number of amides is 2. The standard InChI is InChI=1S/C24H28N6O4S/c1-14(2)26-22(33)17-5-4-10-29(11-17)24-28-21-20(35-24)23(34)30(13-25-21)12-19(32)27-18-8-6-16(7-9-18)15(3)31/h6-9,13-14,17H,4-5,10-12H2,1-3H3,(H,26,33)(H,27,32)/t17-/m0/s1. The molecule has 4 rings (SSSR count). The molecule has 3 aromatic rings. The van der Waals surface area contributed by atoms with Gasteiger partial charge in [0.1, 0.15) is 17.6 Å². The van der Waals surface area contributed by atoms with Crippen LogP contribution in [-0.4, -0.2) is 51.3 Å². The van der Waals surface area contributed by atoms with Crippen LogP contribution in [-0.2, 0) is 16.1 Å². The highest BCUT2D eigenvalue weighted by Crippen LogP contribution is 2.29. The van der Waals surface area contributed by atoms with E-state index < -0.39 is 0 Å². The summed E-state index contributed by atoms with van der Waals surface area (Å²) in [6.07, 6.45) is 3.00. The van der Waals surface area contributed by atoms with Crippen molar-refractivity contribution in [1.29, 1.82) is 0 Å². The maximum Gasteiger partial charge on any atom is 0.273 e. The minimum Gasteiger partial charge on any atom is -0.354 e. The molecule has 0 saturated carbocycles. The molecule has 2 aromatic heterocycles. The van der Waals surface area contributed by atoms with Crippen molar-refractivity contribution < 1.29 is 14.4 Å². The molecule has 2 N–H and O–H groups in total. The summed E-state index contributed by atoms with van der Waals surface area (Å²) < 4.78 is 1.62. The van der Waals surface area contributed by atoms with Crippen LogP contribution in [0.15, 0.2) is 35.4 Å². The Balaban J connectivity index is 1.46. The Kier molecular flexibility index (Phi) is 7.25. The van der Waals surface area contributed by atoms with Gasteiger partial charge >= 0.3 is 0 Å². The van der Waals surface area contributed by atoms with Gasteiger partial charge in [-0.15, -0.1) is 0 Å². The fraction of sp³-hybridized carbons (Fsp3) is 0.417. The Labute approximate surface area is 206 Å². The van der Waals surface area contributed by atoms with Gasteiger partial charge in [0.2, 0.25) is 11.8 Å². The molecule has 1 aliphatic heterocycles. The zero-order valence-corrected chi connectivity index (χ0v) is 20.7. The zero-order chi connectivity index (χ0) is 25.1. The number of ketones is 1. The largest absolute Gasteiger partial charge is 0.354 e. The van der Waals surface area contributed by atoms with E-state index in [0.717, 1.165) is 19.4 Å². The van der Waals surface area contributed by atoms with Crippen molar-refractivity contribution in [3.63, 3.8) is 0 Å². The van der Waals surface area contributed by atoms with Crippen molar-refractivity contribution in [2.24, 2.45) is 5.92 Å². The second kappa shape index (κ2) is 10.3. The van der Waals surface area contributed by atoms with Crippen molar-refractivity contribution in [1.82, 2.24) is 19.9 Å². The molecule has 3 heterocycles. The maximum absolute atomic E-state index is 13.0. The average molecular weight is 497 g/mol. The minimum absolute atomic E-state index is 0.0354. The maximum atomic E-state index is 13.0. The van der Waals surface area contributed by atoms with E-state index in [2.05, 4.69) is 20.6 Å². The van der Waals surface area contributed by atoms with Crippen molar-refractivity contribution in [2.75, 3.05) is 23.3 Å². The number of hydrogen-bond acceptors (Lipinski definition) is 8. The van der Waals surface area contributed by atoms with E-state index in [1.165, 1.54) is 29.2 Å². The summed E-state index contributed by atoms with van der Waals surface area (Å²) in [6, 6.07) is 6.63. The zero-order valence-electron chi connectivity index (χ0n) is 19.9. The summed E-state index contributed by atoms with van der Waals surface area (Å²) >= 11 is 1.23. The lowest BCUT2D eigenvalue weighted by atomic mass is 9.97. The smallest absolute Gasteiger partial charge is 0.273 e. The molecule has 1 saturated heterocycles. The molecule has 0 unspecified atom stereocenters. The first-order chi connectivity index (χ1) is 16.7. The SMILES string of the molecule is CC(=O)c1ccc(NC(=O)Cn2cnc3nc(N4CCC[C@H](C(=O)NC(C)C)C4)sc3c2=O)cc1. The summed E-state index contributed by atoms with van der Waals surface area (Å²) in [5.74, 6) is -0.538. The third-order valence-electron chi connectivity index (χ3n) is 5.76. The van der Waals surface area contributed by atoms with Gasteiger partial charge in [0.05, 0.1) is 5.92 Å². The van der Waals surface area contributed by atoms with E-state index in [4.69, 9.17) is 0 Å². The lowest BCUT2D eigenvalue weighted by molar-refractivity contribution is -0.125. The van der Waals surface area contributed by atoms with Crippen molar-refractivity contribution in [3.8, 4) is 0 Å². The summed E-state index contributed by atoms with van der Waals surface area (Å²) in [6.45, 7) is 6.44. The number of thiazole rings is 1. The van der Waals surface area contributed by atoms with Crippen molar-refractivity contribution in [2.45, 2.75) is 46.2 Å². The first kappa shape index (κ1) is 24.5. The van der Waals surface area contributed by atoms with E-state index in [0.29, 0.717) is 33.3 Å². The highest BCUT2D eigenvalue weighted by Gasteiger charge is 2.28. The number of fused-ring (bicyclic) bond motifs is 1. The monoisotopic (exact) mass is 496 g/mol. The number of Topliss-reactive ketones (excluding diaryl/α,β-unsaturated/α-hetero) is 1. The van der Waals surface area contributed by atoms with Gasteiger partial charge in [-0.05, 0) is 57.9 Å². The van der Waals surface area contributed by atoms with Gasteiger partial charge in [-0.1, -0.05) is 11.3 Å². The van der Waals surface area contributed by atoms with Gasteiger partial charge in [-0.3, -0.25) is 23.7 Å². The molecule has 0 spiro atoms. The number of rotatable bonds is 7. The minimum atomic E-state index is -0.386. The fourth-order valence-corrected chi connectivity index (χ4v) is 5.00. The lowest BCUT2D eigenvalue weighted by Gasteiger charge is -2.32. The average Bonchev–Trinajstić information content (AvgIpc) is 3.26. The molecule has 10 nitrogen and oxygen atoms in total. The molecule has 1 aromatic carbocycles. The lowest BCUT2D eigenvalue weighted by Crippen LogP contribution is -2.44. The van der Waals surface area contributed by atoms with E-state index in [1.54, 1.807) is 24.3 Å². The number of nitrogens with one attached hydrogen (secondary N) is 2. The van der Waals surface area contributed by atoms with Gasteiger partial charge in [-0.2, -0.15) is 4.98 Å². The number of anilines is 2. The molecule has 0 bridgehead atoms. The number of aromatic nitrogens is 3. The number of hydrogen-bond donors (Lipinski definition) is 2. The molecular formula is C24H28N6O4S. The van der Waals surface area contributed by atoms with Crippen LogP contribution < -0.4 is 21.1 Å². The van der Waals surface area contributed by atoms with Crippen LogP contribution >= 0.6 is 11.3 Å². The second-order valence-corrected chi connectivity index (χ2v) is 9.93. The molecule has 1 fully saturated rings. The second-order valence-electron chi connectivity index (χ2n) is 8.96. The molecule has 0 aliphatic carbocycles. The molecule has 1 aliphatic rings. The predicted molar refractivity (Wildman–Crippen MR) is 135 cm³/mol. The fourth-order valence-electron chi connectivity index (χ4n) is 3.99. The van der Waals surface area contributed by atoms with Crippen LogP contribution in [0.25, 0.3) is 10.3 Å². The van der Waals surface area contributed by atoms with E-state index in [-0.39, 0.29) is 41.7 Å². The molecular weight excluding hydrogens is 468 g/mol. The number of piperidine rings is 1. The summed E-state index contributed by atoms with van der Waals surface area (Å²) in [5.41, 5.74) is 1.07. The molecule has 184 valence electrons. The number of nitrogens with zero attached hydrogens (tertiary/aromatic N) is 4. The van der Waals surface area contributed by atoms with Gasteiger partial charge < -0.3 is 15.5 Å². The Morgan fingerprint density at radius 3 is 2.63 bits per heavy atom. The number of carbonyl (C=O) groups excluding carboxylic acids is 3. The Morgan fingerprint density at radius 1 is 1.20 bits per heavy atom. The Morgan fingerprint density at radius 2 is 1.94 bits per heavy atom. The quantitative estimate of drug-likeness (QED) is 0.481. The van der Waals surface area contributed by atoms with E-state index in [9.17, 15) is 19.2 Å². The molecule has 1 atom stereocenters. The molecule has 2 amide bonds. The molecule has 0 radical (unpaired) electrons. The molecule has 35 heavy (non-hydrogen) atoms. The first-order valence-electron chi connectivity index (χ1n) is 11.5. The normalized spacial score (nSPS) is 15.9. The van der Waals surface area contributed by atoms with Gasteiger partial charge in [0, 0.05) is 30.4 Å². The topological polar surface area (TPSA) is 126 Å². The van der Waals surface area contributed by atoms with Crippen LogP contribution in [0, 0.1) is 5.92 Å². The van der Waals surface area contributed by atoms with Crippen LogP contribution in [0.2, 0.25) is 0 Å². The molecule has 11 heteroatoms. The Bertz CT molecular complexity index is 1310. The van der Waals surface area contributed by atoms with Gasteiger partial charge in [-0.25, -0.2) is 4.98 Å². The van der Waals surface area contributed by atoms with Crippen LogP contribution in [0.3, 0.4) is 0 Å².